The van der Waals surface area contributed by atoms with Crippen LogP contribution in [0, 0.1) is 11.8 Å². The highest BCUT2D eigenvalue weighted by Crippen LogP contribution is 2.26. The van der Waals surface area contributed by atoms with Crippen molar-refractivity contribution < 1.29 is 4.79 Å². The van der Waals surface area contributed by atoms with Gasteiger partial charge in [-0.25, -0.2) is 0 Å². The second kappa shape index (κ2) is 5.00. The molecule has 1 amide bonds. The molecule has 0 saturated carbocycles. The summed E-state index contributed by atoms with van der Waals surface area (Å²) in [5.74, 6) is 1.18. The van der Waals surface area contributed by atoms with Crippen LogP contribution in [0.2, 0.25) is 0 Å². The van der Waals surface area contributed by atoms with Gasteiger partial charge in [0.2, 0.25) is 0 Å². The Morgan fingerprint density at radius 1 is 1.61 bits per heavy atom. The van der Waals surface area contributed by atoms with E-state index >= 15 is 0 Å². The molecule has 1 fully saturated rings. The first-order valence-corrected chi connectivity index (χ1v) is 6.66. The van der Waals surface area contributed by atoms with Gasteiger partial charge in [0.1, 0.15) is 0 Å². The van der Waals surface area contributed by atoms with Gasteiger partial charge in [0.15, 0.2) is 5.69 Å². The van der Waals surface area contributed by atoms with E-state index in [-0.39, 0.29) is 5.91 Å². The summed E-state index contributed by atoms with van der Waals surface area (Å²) < 4.78 is 0. The number of rotatable bonds is 3. The number of nitrogens with two attached hydrogens (primary N) is 1. The highest BCUT2D eigenvalue weighted by atomic mass is 16.2. The van der Waals surface area contributed by atoms with Crippen LogP contribution in [0.4, 0.5) is 5.69 Å². The minimum atomic E-state index is -0.0356. The summed E-state index contributed by atoms with van der Waals surface area (Å²) in [4.78, 5) is 14.2. The zero-order chi connectivity index (χ0) is 13.3. The number of anilines is 1. The Morgan fingerprint density at radius 3 is 2.83 bits per heavy atom. The highest BCUT2D eigenvalue weighted by Gasteiger charge is 2.30. The van der Waals surface area contributed by atoms with Gasteiger partial charge >= 0.3 is 0 Å². The van der Waals surface area contributed by atoms with Crippen molar-refractivity contribution in [3.8, 4) is 0 Å². The molecule has 18 heavy (non-hydrogen) atoms. The Hall–Kier alpha value is -1.52. The van der Waals surface area contributed by atoms with E-state index in [9.17, 15) is 4.79 Å². The molecule has 0 bridgehead atoms. The number of carbonyl (C=O) groups excluding carboxylic acids is 1. The number of hydrogen-bond donors (Lipinski definition) is 2. The van der Waals surface area contributed by atoms with Crippen LogP contribution < -0.4 is 5.73 Å². The summed E-state index contributed by atoms with van der Waals surface area (Å²) >= 11 is 0. The van der Waals surface area contributed by atoms with Crippen molar-refractivity contribution in [1.29, 1.82) is 0 Å². The molecule has 1 unspecified atom stereocenters. The third-order valence-corrected chi connectivity index (χ3v) is 3.89. The fourth-order valence-corrected chi connectivity index (χ4v) is 2.48. The van der Waals surface area contributed by atoms with Crippen LogP contribution in [-0.2, 0) is 6.42 Å². The van der Waals surface area contributed by atoms with E-state index in [1.165, 1.54) is 0 Å². The number of amides is 1. The maximum Gasteiger partial charge on any atom is 0.276 e. The van der Waals surface area contributed by atoms with Crippen molar-refractivity contribution >= 4 is 11.6 Å². The minimum Gasteiger partial charge on any atom is -0.395 e. The maximum absolute atomic E-state index is 12.3. The molecular formula is C13H22N4O. The molecule has 0 spiro atoms. The number of nitrogens with one attached hydrogen (secondary N) is 1. The lowest BCUT2D eigenvalue weighted by Crippen LogP contribution is -2.30. The van der Waals surface area contributed by atoms with Gasteiger partial charge in [0.25, 0.3) is 5.91 Å². The summed E-state index contributed by atoms with van der Waals surface area (Å²) in [6.45, 7) is 8.04. The van der Waals surface area contributed by atoms with Gasteiger partial charge in [-0.1, -0.05) is 20.8 Å². The third kappa shape index (κ3) is 2.21. The molecule has 2 rings (SSSR count). The number of aryl methyl sites for hydroxylation is 1. The molecule has 1 saturated heterocycles. The van der Waals surface area contributed by atoms with Gasteiger partial charge in [0.05, 0.1) is 11.4 Å². The van der Waals surface area contributed by atoms with E-state index in [2.05, 4.69) is 24.0 Å². The van der Waals surface area contributed by atoms with Crippen molar-refractivity contribution in [1.82, 2.24) is 15.1 Å². The number of aromatic amines is 1. The lowest BCUT2D eigenvalue weighted by Gasteiger charge is -2.17. The molecule has 0 aromatic carbocycles. The molecule has 5 heteroatoms. The van der Waals surface area contributed by atoms with E-state index < -0.39 is 0 Å². The van der Waals surface area contributed by atoms with Crippen LogP contribution in [0.5, 0.6) is 0 Å². The molecule has 100 valence electrons. The van der Waals surface area contributed by atoms with Gasteiger partial charge in [-0.15, -0.1) is 0 Å². The average molecular weight is 250 g/mol. The van der Waals surface area contributed by atoms with Crippen LogP contribution in [0.15, 0.2) is 0 Å². The Bertz CT molecular complexity index is 438. The van der Waals surface area contributed by atoms with Crippen LogP contribution in [0.1, 0.15) is 43.4 Å². The fraction of sp³-hybridized carbons (Fsp3) is 0.692. The molecule has 1 aliphatic rings. The van der Waals surface area contributed by atoms with Crippen LogP contribution in [0.3, 0.4) is 0 Å². The SMILES string of the molecule is CCc1[nH]nc(C(=O)N2CCC(C(C)C)C2)c1N. The Kier molecular flexibility index (Phi) is 3.59. The van der Waals surface area contributed by atoms with Gasteiger partial charge < -0.3 is 10.6 Å². The minimum absolute atomic E-state index is 0.0356. The van der Waals surface area contributed by atoms with Gasteiger partial charge in [-0.2, -0.15) is 5.10 Å². The molecular weight excluding hydrogens is 228 g/mol. The molecule has 3 N–H and O–H groups in total. The second-order valence-electron chi connectivity index (χ2n) is 5.36. The summed E-state index contributed by atoms with van der Waals surface area (Å²) in [6.07, 6.45) is 1.84. The van der Waals surface area contributed by atoms with Crippen LogP contribution in [-0.4, -0.2) is 34.1 Å². The number of likely N-dealkylation sites (tertiary alicyclic amines) is 1. The molecule has 1 atom stereocenters. The first-order chi connectivity index (χ1) is 8.54. The first-order valence-electron chi connectivity index (χ1n) is 6.66. The van der Waals surface area contributed by atoms with Crippen molar-refractivity contribution in [2.45, 2.75) is 33.6 Å². The summed E-state index contributed by atoms with van der Waals surface area (Å²) in [5.41, 5.74) is 7.68. The zero-order valence-corrected chi connectivity index (χ0v) is 11.4. The first kappa shape index (κ1) is 12.9. The third-order valence-electron chi connectivity index (χ3n) is 3.89. The largest absolute Gasteiger partial charge is 0.395 e. The number of carbonyl (C=O) groups is 1. The average Bonchev–Trinajstić information content (AvgIpc) is 2.94. The molecule has 1 aromatic rings. The van der Waals surface area contributed by atoms with Crippen molar-refractivity contribution in [2.24, 2.45) is 11.8 Å². The lowest BCUT2D eigenvalue weighted by molar-refractivity contribution is 0.0779. The van der Waals surface area contributed by atoms with E-state index in [4.69, 9.17) is 5.73 Å². The predicted molar refractivity (Wildman–Crippen MR) is 71.2 cm³/mol. The second-order valence-corrected chi connectivity index (χ2v) is 5.36. The van der Waals surface area contributed by atoms with Crippen molar-refractivity contribution in [2.75, 3.05) is 18.8 Å². The predicted octanol–water partition coefficient (Wildman–Crippen LogP) is 1.67. The standard InChI is InChI=1S/C13H22N4O/c1-4-10-11(14)12(16-15-10)13(18)17-6-5-9(7-17)8(2)3/h8-9H,4-7,14H2,1-3H3,(H,15,16). The number of hydrogen-bond acceptors (Lipinski definition) is 3. The number of nitrogens with zero attached hydrogens (tertiary/aromatic N) is 2. The number of nitrogen functional groups attached to an aromatic ring is 1. The Labute approximate surface area is 108 Å². The highest BCUT2D eigenvalue weighted by molar-refractivity contribution is 5.97. The molecule has 1 aromatic heterocycles. The molecule has 0 radical (unpaired) electrons. The van der Waals surface area contributed by atoms with Crippen molar-refractivity contribution in [3.05, 3.63) is 11.4 Å². The smallest absolute Gasteiger partial charge is 0.276 e. The zero-order valence-electron chi connectivity index (χ0n) is 11.4. The van der Waals surface area contributed by atoms with E-state index in [0.29, 0.717) is 23.2 Å². The Morgan fingerprint density at radius 2 is 2.33 bits per heavy atom. The van der Waals surface area contributed by atoms with Gasteiger partial charge in [-0.05, 0) is 24.7 Å². The maximum atomic E-state index is 12.3. The fourth-order valence-electron chi connectivity index (χ4n) is 2.48. The van der Waals surface area contributed by atoms with Gasteiger partial charge in [-0.3, -0.25) is 9.89 Å². The molecule has 5 nitrogen and oxygen atoms in total. The van der Waals surface area contributed by atoms with E-state index in [1.54, 1.807) is 0 Å². The number of H-pyrrole nitrogens is 1. The molecule has 2 heterocycles. The Balaban J connectivity index is 2.10. The summed E-state index contributed by atoms with van der Waals surface area (Å²) in [7, 11) is 0. The van der Waals surface area contributed by atoms with Crippen molar-refractivity contribution in [3.63, 3.8) is 0 Å². The quantitative estimate of drug-likeness (QED) is 0.857. The lowest BCUT2D eigenvalue weighted by atomic mass is 9.95. The number of aromatic nitrogens is 2. The monoisotopic (exact) mass is 250 g/mol. The van der Waals surface area contributed by atoms with Crippen LogP contribution in [0.25, 0.3) is 0 Å². The molecule has 0 aliphatic carbocycles. The summed E-state index contributed by atoms with van der Waals surface area (Å²) in [5, 5.41) is 6.90. The normalized spacial score (nSPS) is 19.8. The summed E-state index contributed by atoms with van der Waals surface area (Å²) in [6, 6.07) is 0. The van der Waals surface area contributed by atoms with E-state index in [1.807, 2.05) is 11.8 Å². The van der Waals surface area contributed by atoms with Crippen LogP contribution >= 0.6 is 0 Å². The topological polar surface area (TPSA) is 75.0 Å². The van der Waals surface area contributed by atoms with E-state index in [0.717, 1.165) is 31.6 Å². The van der Waals surface area contributed by atoms with Gasteiger partial charge in [0, 0.05) is 13.1 Å². The molecule has 1 aliphatic heterocycles.